The lowest BCUT2D eigenvalue weighted by atomic mass is 10.1. The van der Waals surface area contributed by atoms with Gasteiger partial charge in [-0.2, -0.15) is 4.98 Å². The van der Waals surface area contributed by atoms with Crippen molar-refractivity contribution in [2.75, 3.05) is 18.5 Å². The maximum absolute atomic E-state index is 5.65. The van der Waals surface area contributed by atoms with E-state index in [9.17, 15) is 0 Å². The summed E-state index contributed by atoms with van der Waals surface area (Å²) in [5, 5.41) is 3.30. The van der Waals surface area contributed by atoms with Crippen LogP contribution in [0.1, 0.15) is 32.4 Å². The SMILES string of the molecule is CCOc1cc(C)nc(NC(C)C2CCCO2)n1. The molecule has 0 amide bonds. The Morgan fingerprint density at radius 3 is 3.06 bits per heavy atom. The fourth-order valence-corrected chi connectivity index (χ4v) is 2.12. The van der Waals surface area contributed by atoms with E-state index >= 15 is 0 Å². The largest absolute Gasteiger partial charge is 0.478 e. The van der Waals surface area contributed by atoms with Crippen molar-refractivity contribution in [3.8, 4) is 5.88 Å². The van der Waals surface area contributed by atoms with Crippen LogP contribution in [0.25, 0.3) is 0 Å². The molecule has 1 aromatic heterocycles. The van der Waals surface area contributed by atoms with Gasteiger partial charge >= 0.3 is 0 Å². The Hall–Kier alpha value is -1.36. The van der Waals surface area contributed by atoms with Crippen molar-refractivity contribution in [1.82, 2.24) is 9.97 Å². The predicted octanol–water partition coefficient (Wildman–Crippen LogP) is 2.16. The maximum Gasteiger partial charge on any atom is 0.226 e. The second-order valence-corrected chi connectivity index (χ2v) is 4.59. The first-order valence-electron chi connectivity index (χ1n) is 6.55. The number of aryl methyl sites for hydroxylation is 1. The summed E-state index contributed by atoms with van der Waals surface area (Å²) >= 11 is 0. The second-order valence-electron chi connectivity index (χ2n) is 4.59. The van der Waals surface area contributed by atoms with E-state index in [2.05, 4.69) is 22.2 Å². The third-order valence-electron chi connectivity index (χ3n) is 3.00. The van der Waals surface area contributed by atoms with Crippen LogP contribution in [-0.2, 0) is 4.74 Å². The Morgan fingerprint density at radius 1 is 1.56 bits per heavy atom. The van der Waals surface area contributed by atoms with E-state index in [4.69, 9.17) is 9.47 Å². The molecule has 2 atom stereocenters. The summed E-state index contributed by atoms with van der Waals surface area (Å²) in [7, 11) is 0. The molecule has 1 saturated heterocycles. The molecule has 2 unspecified atom stereocenters. The first kappa shape index (κ1) is 13.1. The van der Waals surface area contributed by atoms with Gasteiger partial charge in [0.1, 0.15) is 0 Å². The number of nitrogens with zero attached hydrogens (tertiary/aromatic N) is 2. The topological polar surface area (TPSA) is 56.3 Å². The van der Waals surface area contributed by atoms with E-state index in [0.29, 0.717) is 18.4 Å². The number of anilines is 1. The number of nitrogens with one attached hydrogen (secondary N) is 1. The van der Waals surface area contributed by atoms with Crippen LogP contribution in [0.15, 0.2) is 6.07 Å². The summed E-state index contributed by atoms with van der Waals surface area (Å²) in [6.45, 7) is 7.44. The smallest absolute Gasteiger partial charge is 0.226 e. The predicted molar refractivity (Wildman–Crippen MR) is 70.0 cm³/mol. The monoisotopic (exact) mass is 251 g/mol. The molecule has 1 aromatic rings. The summed E-state index contributed by atoms with van der Waals surface area (Å²) in [5.74, 6) is 1.23. The standard InChI is InChI=1S/C13H21N3O2/c1-4-17-12-8-9(2)14-13(16-12)15-10(3)11-6-5-7-18-11/h8,10-11H,4-7H2,1-3H3,(H,14,15,16). The van der Waals surface area contributed by atoms with Crippen molar-refractivity contribution < 1.29 is 9.47 Å². The second kappa shape index (κ2) is 6.00. The van der Waals surface area contributed by atoms with Crippen LogP contribution < -0.4 is 10.1 Å². The van der Waals surface area contributed by atoms with Gasteiger partial charge < -0.3 is 14.8 Å². The fourth-order valence-electron chi connectivity index (χ4n) is 2.12. The summed E-state index contributed by atoms with van der Waals surface area (Å²) in [5.41, 5.74) is 0.899. The van der Waals surface area contributed by atoms with E-state index in [1.165, 1.54) is 0 Å². The molecule has 2 rings (SSSR count). The number of hydrogen-bond acceptors (Lipinski definition) is 5. The lowest BCUT2D eigenvalue weighted by Crippen LogP contribution is -2.30. The van der Waals surface area contributed by atoms with Gasteiger partial charge in [-0.3, -0.25) is 0 Å². The minimum atomic E-state index is 0.212. The summed E-state index contributed by atoms with van der Waals surface area (Å²) in [6.07, 6.45) is 2.48. The van der Waals surface area contributed by atoms with Crippen LogP contribution in [0.2, 0.25) is 0 Å². The Morgan fingerprint density at radius 2 is 2.39 bits per heavy atom. The number of hydrogen-bond donors (Lipinski definition) is 1. The summed E-state index contributed by atoms with van der Waals surface area (Å²) in [4.78, 5) is 8.70. The van der Waals surface area contributed by atoms with E-state index in [1.807, 2.05) is 19.9 Å². The highest BCUT2D eigenvalue weighted by Crippen LogP contribution is 2.19. The Balaban J connectivity index is 2.03. The molecule has 0 aromatic carbocycles. The van der Waals surface area contributed by atoms with Gasteiger partial charge in [-0.05, 0) is 33.6 Å². The van der Waals surface area contributed by atoms with Gasteiger partial charge in [-0.15, -0.1) is 0 Å². The van der Waals surface area contributed by atoms with E-state index in [-0.39, 0.29) is 12.1 Å². The van der Waals surface area contributed by atoms with Crippen molar-refractivity contribution in [2.24, 2.45) is 0 Å². The quantitative estimate of drug-likeness (QED) is 0.869. The van der Waals surface area contributed by atoms with Gasteiger partial charge in [0.05, 0.1) is 18.8 Å². The van der Waals surface area contributed by atoms with Crippen molar-refractivity contribution in [1.29, 1.82) is 0 Å². The lowest BCUT2D eigenvalue weighted by Gasteiger charge is -2.20. The van der Waals surface area contributed by atoms with Gasteiger partial charge in [-0.1, -0.05) is 0 Å². The van der Waals surface area contributed by atoms with Crippen LogP contribution in [0.4, 0.5) is 5.95 Å². The summed E-state index contributed by atoms with van der Waals surface area (Å²) in [6, 6.07) is 2.05. The number of rotatable bonds is 5. The van der Waals surface area contributed by atoms with Crippen molar-refractivity contribution >= 4 is 5.95 Å². The molecule has 0 bridgehead atoms. The molecule has 2 heterocycles. The molecule has 1 aliphatic heterocycles. The van der Waals surface area contributed by atoms with Crippen molar-refractivity contribution in [3.63, 3.8) is 0 Å². The highest BCUT2D eigenvalue weighted by atomic mass is 16.5. The average molecular weight is 251 g/mol. The van der Waals surface area contributed by atoms with E-state index < -0.39 is 0 Å². The first-order chi connectivity index (χ1) is 8.69. The van der Waals surface area contributed by atoms with Crippen LogP contribution in [0.5, 0.6) is 5.88 Å². The van der Waals surface area contributed by atoms with Gasteiger partial charge in [-0.25, -0.2) is 4.98 Å². The molecule has 0 aliphatic carbocycles. The third-order valence-corrected chi connectivity index (χ3v) is 3.00. The van der Waals surface area contributed by atoms with Gasteiger partial charge in [0.2, 0.25) is 11.8 Å². The minimum Gasteiger partial charge on any atom is -0.478 e. The fraction of sp³-hybridized carbons (Fsp3) is 0.692. The number of ether oxygens (including phenoxy) is 2. The van der Waals surface area contributed by atoms with Gasteiger partial charge in [0.25, 0.3) is 0 Å². The van der Waals surface area contributed by atoms with E-state index in [0.717, 1.165) is 25.1 Å². The normalized spacial score (nSPS) is 20.7. The highest BCUT2D eigenvalue weighted by molar-refractivity contribution is 5.32. The molecule has 1 aliphatic rings. The average Bonchev–Trinajstić information content (AvgIpc) is 2.81. The molecule has 0 saturated carbocycles. The van der Waals surface area contributed by atoms with Crippen LogP contribution in [0, 0.1) is 6.92 Å². The lowest BCUT2D eigenvalue weighted by molar-refractivity contribution is 0.0994. The Bertz CT molecular complexity index is 392. The molecule has 0 radical (unpaired) electrons. The Labute approximate surface area is 108 Å². The highest BCUT2D eigenvalue weighted by Gasteiger charge is 2.22. The van der Waals surface area contributed by atoms with Crippen LogP contribution >= 0.6 is 0 Å². The first-order valence-corrected chi connectivity index (χ1v) is 6.55. The van der Waals surface area contributed by atoms with Crippen molar-refractivity contribution in [2.45, 2.75) is 45.8 Å². The van der Waals surface area contributed by atoms with Crippen LogP contribution in [0.3, 0.4) is 0 Å². The molecular formula is C13H21N3O2. The molecule has 100 valence electrons. The Kier molecular flexibility index (Phi) is 4.36. The summed E-state index contributed by atoms with van der Waals surface area (Å²) < 4.78 is 11.1. The molecule has 18 heavy (non-hydrogen) atoms. The van der Waals surface area contributed by atoms with Crippen LogP contribution in [-0.4, -0.2) is 35.3 Å². The molecule has 5 nitrogen and oxygen atoms in total. The number of aromatic nitrogens is 2. The maximum atomic E-state index is 5.65. The molecule has 5 heteroatoms. The van der Waals surface area contributed by atoms with Gasteiger partial charge in [0.15, 0.2) is 0 Å². The third kappa shape index (κ3) is 3.32. The zero-order chi connectivity index (χ0) is 13.0. The van der Waals surface area contributed by atoms with Crippen molar-refractivity contribution in [3.05, 3.63) is 11.8 Å². The molecule has 0 spiro atoms. The minimum absolute atomic E-state index is 0.212. The van der Waals surface area contributed by atoms with Gasteiger partial charge in [0, 0.05) is 18.4 Å². The molecule has 1 N–H and O–H groups in total. The zero-order valence-corrected chi connectivity index (χ0v) is 11.3. The molecular weight excluding hydrogens is 230 g/mol. The molecule has 1 fully saturated rings. The van der Waals surface area contributed by atoms with E-state index in [1.54, 1.807) is 0 Å². The zero-order valence-electron chi connectivity index (χ0n) is 11.3.